The predicted octanol–water partition coefficient (Wildman–Crippen LogP) is 4.50. The number of fused-ring (bicyclic) bond motifs is 2. The van der Waals surface area contributed by atoms with E-state index in [0.29, 0.717) is 18.5 Å². The van der Waals surface area contributed by atoms with Crippen molar-refractivity contribution in [1.82, 2.24) is 5.32 Å². The lowest BCUT2D eigenvalue weighted by Gasteiger charge is -2.46. The molecule has 1 aliphatic heterocycles. The molecule has 148 valence electrons. The number of hydrogen-bond donors (Lipinski definition) is 1. The molecular formula is C23H33NO3. The first-order chi connectivity index (χ1) is 13.0. The highest BCUT2D eigenvalue weighted by Gasteiger charge is 2.51. The van der Waals surface area contributed by atoms with Crippen LogP contribution in [-0.4, -0.2) is 24.7 Å². The van der Waals surface area contributed by atoms with Gasteiger partial charge in [-0.3, -0.25) is 4.79 Å². The maximum absolute atomic E-state index is 12.6. The van der Waals surface area contributed by atoms with Gasteiger partial charge in [-0.2, -0.15) is 0 Å². The number of carbonyl (C=O) groups excluding carboxylic acids is 1. The summed E-state index contributed by atoms with van der Waals surface area (Å²) >= 11 is 0. The predicted molar refractivity (Wildman–Crippen MR) is 105 cm³/mol. The third-order valence-electron chi connectivity index (χ3n) is 7.17. The van der Waals surface area contributed by atoms with Crippen molar-refractivity contribution in [2.24, 2.45) is 23.2 Å². The highest BCUT2D eigenvalue weighted by molar-refractivity contribution is 5.76. The van der Waals surface area contributed by atoms with Crippen LogP contribution in [0.4, 0.5) is 0 Å². The van der Waals surface area contributed by atoms with Crippen LogP contribution >= 0.6 is 0 Å². The summed E-state index contributed by atoms with van der Waals surface area (Å²) in [6.45, 7) is 7.61. The Morgan fingerprint density at radius 3 is 3.04 bits per heavy atom. The summed E-state index contributed by atoms with van der Waals surface area (Å²) in [5.74, 6) is 1.84. The number of allylic oxidation sites excluding steroid dienone is 1. The molecule has 0 bridgehead atoms. The number of aryl methyl sites for hydroxylation is 1. The number of carbonyl (C=O) groups is 1. The summed E-state index contributed by atoms with van der Waals surface area (Å²) in [5, 5.41) is 3.57. The smallest absolute Gasteiger partial charge is 0.311 e. The average Bonchev–Trinajstić information content (AvgIpc) is 3.23. The molecule has 1 saturated heterocycles. The number of ether oxygens (including phenoxy) is 1. The van der Waals surface area contributed by atoms with E-state index in [9.17, 15) is 4.79 Å². The molecule has 4 nitrogen and oxygen atoms in total. The first-order valence-corrected chi connectivity index (χ1v) is 10.6. The van der Waals surface area contributed by atoms with E-state index in [-0.39, 0.29) is 29.3 Å². The highest BCUT2D eigenvalue weighted by Crippen LogP contribution is 2.53. The van der Waals surface area contributed by atoms with Crippen LogP contribution < -0.4 is 5.32 Å². The van der Waals surface area contributed by atoms with Gasteiger partial charge in [0.15, 0.2) is 0 Å². The summed E-state index contributed by atoms with van der Waals surface area (Å²) < 4.78 is 11.2. The molecule has 0 radical (unpaired) electrons. The minimum absolute atomic E-state index is 0.0116. The number of rotatable bonds is 6. The Morgan fingerprint density at radius 1 is 1.41 bits per heavy atom. The van der Waals surface area contributed by atoms with E-state index in [0.717, 1.165) is 25.0 Å². The van der Waals surface area contributed by atoms with Gasteiger partial charge >= 0.3 is 5.97 Å². The Balaban J connectivity index is 1.39. The third kappa shape index (κ3) is 3.73. The van der Waals surface area contributed by atoms with Gasteiger partial charge < -0.3 is 14.5 Å². The molecule has 1 aromatic heterocycles. The van der Waals surface area contributed by atoms with Gasteiger partial charge in [-0.1, -0.05) is 31.9 Å². The van der Waals surface area contributed by atoms with Gasteiger partial charge in [-0.15, -0.1) is 0 Å². The molecule has 0 spiro atoms. The zero-order chi connectivity index (χ0) is 19.0. The van der Waals surface area contributed by atoms with Gasteiger partial charge in [-0.05, 0) is 56.1 Å². The molecule has 0 unspecified atom stereocenters. The van der Waals surface area contributed by atoms with Gasteiger partial charge in [0.1, 0.15) is 11.9 Å². The van der Waals surface area contributed by atoms with Crippen LogP contribution in [0.3, 0.4) is 0 Å². The molecule has 6 atom stereocenters. The van der Waals surface area contributed by atoms with Gasteiger partial charge in [0.05, 0.1) is 12.2 Å². The molecular weight excluding hydrogens is 338 g/mol. The Bertz CT molecular complexity index is 694. The number of nitrogens with one attached hydrogen (secondary N) is 1. The zero-order valence-corrected chi connectivity index (χ0v) is 16.9. The van der Waals surface area contributed by atoms with Crippen molar-refractivity contribution < 1.29 is 13.9 Å². The minimum Gasteiger partial charge on any atom is -0.469 e. The van der Waals surface area contributed by atoms with Gasteiger partial charge in [0.2, 0.25) is 0 Å². The van der Waals surface area contributed by atoms with E-state index in [2.05, 4.69) is 32.2 Å². The SMILES string of the molecule is C[C@H](CCc1ccco1)NC[C@@H]1C(=O)O[C@@H]2C[C@@]3(C)CCC[C@H](C)C3=C[C@H]12. The van der Waals surface area contributed by atoms with E-state index in [1.807, 2.05) is 12.1 Å². The van der Waals surface area contributed by atoms with Crippen LogP contribution in [0.25, 0.3) is 0 Å². The minimum atomic E-state index is -0.0489. The molecule has 2 aliphatic carbocycles. The Hall–Kier alpha value is -1.55. The maximum atomic E-state index is 12.6. The molecule has 4 heteroatoms. The van der Waals surface area contributed by atoms with E-state index in [4.69, 9.17) is 9.15 Å². The van der Waals surface area contributed by atoms with Gasteiger partial charge in [-0.25, -0.2) is 0 Å². The van der Waals surface area contributed by atoms with Gasteiger partial charge in [0.25, 0.3) is 0 Å². The standard InChI is InChI=1S/C23H33NO3/c1-15-6-4-10-23(3)13-21-18(12-20(15)23)19(22(25)27-21)14-24-16(2)8-9-17-7-5-11-26-17/h5,7,11-12,15-16,18-19,21,24H,4,6,8-10,13-14H2,1-3H3/t15-,16+,18+,19-,21+,23+/m0/s1. The summed E-state index contributed by atoms with van der Waals surface area (Å²) in [5.41, 5.74) is 1.82. The first-order valence-electron chi connectivity index (χ1n) is 10.6. The Labute approximate surface area is 162 Å². The van der Waals surface area contributed by atoms with Crippen LogP contribution in [0, 0.1) is 23.2 Å². The van der Waals surface area contributed by atoms with Crippen molar-refractivity contribution in [1.29, 1.82) is 0 Å². The fourth-order valence-corrected chi connectivity index (χ4v) is 5.53. The fraction of sp³-hybridized carbons (Fsp3) is 0.696. The molecule has 0 aromatic carbocycles. The molecule has 1 aromatic rings. The Morgan fingerprint density at radius 2 is 2.26 bits per heavy atom. The van der Waals surface area contributed by atoms with E-state index in [1.165, 1.54) is 19.3 Å². The third-order valence-corrected chi connectivity index (χ3v) is 7.17. The van der Waals surface area contributed by atoms with Crippen LogP contribution in [0.15, 0.2) is 34.5 Å². The average molecular weight is 372 g/mol. The van der Waals surface area contributed by atoms with Gasteiger partial charge in [0, 0.05) is 24.9 Å². The zero-order valence-electron chi connectivity index (χ0n) is 16.9. The fourth-order valence-electron chi connectivity index (χ4n) is 5.53. The summed E-state index contributed by atoms with van der Waals surface area (Å²) in [4.78, 5) is 12.6. The van der Waals surface area contributed by atoms with E-state index < -0.39 is 0 Å². The normalized spacial score (nSPS) is 36.6. The quantitative estimate of drug-likeness (QED) is 0.591. The summed E-state index contributed by atoms with van der Waals surface area (Å²) in [6, 6.07) is 4.29. The Kier molecular flexibility index (Phi) is 5.19. The van der Waals surface area contributed by atoms with Crippen LogP contribution in [0.2, 0.25) is 0 Å². The molecule has 2 fully saturated rings. The van der Waals surface area contributed by atoms with Crippen molar-refractivity contribution >= 4 is 5.97 Å². The molecule has 4 rings (SSSR count). The first kappa shape index (κ1) is 18.8. The highest BCUT2D eigenvalue weighted by atomic mass is 16.6. The molecule has 1 saturated carbocycles. The maximum Gasteiger partial charge on any atom is 0.311 e. The van der Waals surface area contributed by atoms with Crippen molar-refractivity contribution in [3.8, 4) is 0 Å². The molecule has 2 heterocycles. The molecule has 27 heavy (non-hydrogen) atoms. The number of furan rings is 1. The number of esters is 1. The lowest BCUT2D eigenvalue weighted by atomic mass is 9.59. The van der Waals surface area contributed by atoms with Crippen LogP contribution in [-0.2, 0) is 16.0 Å². The van der Waals surface area contributed by atoms with Crippen molar-refractivity contribution in [2.45, 2.75) is 71.4 Å². The second-order valence-corrected chi connectivity index (χ2v) is 9.27. The van der Waals surface area contributed by atoms with E-state index in [1.54, 1.807) is 11.8 Å². The monoisotopic (exact) mass is 371 g/mol. The lowest BCUT2D eigenvalue weighted by molar-refractivity contribution is -0.145. The second kappa shape index (κ2) is 7.46. The number of hydrogen-bond acceptors (Lipinski definition) is 4. The van der Waals surface area contributed by atoms with Crippen molar-refractivity contribution in [3.05, 3.63) is 35.8 Å². The summed E-state index contributed by atoms with van der Waals surface area (Å²) in [7, 11) is 0. The second-order valence-electron chi connectivity index (χ2n) is 9.27. The lowest BCUT2D eigenvalue weighted by Crippen LogP contribution is -2.41. The topological polar surface area (TPSA) is 51.5 Å². The molecule has 1 N–H and O–H groups in total. The van der Waals surface area contributed by atoms with Crippen LogP contribution in [0.1, 0.15) is 58.6 Å². The van der Waals surface area contributed by atoms with Crippen molar-refractivity contribution in [3.63, 3.8) is 0 Å². The van der Waals surface area contributed by atoms with E-state index >= 15 is 0 Å². The van der Waals surface area contributed by atoms with Crippen LogP contribution in [0.5, 0.6) is 0 Å². The molecule has 3 aliphatic rings. The van der Waals surface area contributed by atoms with Crippen molar-refractivity contribution in [2.75, 3.05) is 6.54 Å². The molecule has 0 amide bonds. The largest absolute Gasteiger partial charge is 0.469 e. The summed E-state index contributed by atoms with van der Waals surface area (Å²) in [6.07, 6.45) is 10.9.